The van der Waals surface area contributed by atoms with Gasteiger partial charge in [0.25, 0.3) is 0 Å². The van der Waals surface area contributed by atoms with Crippen LogP contribution in [0.4, 0.5) is 0 Å². The summed E-state index contributed by atoms with van der Waals surface area (Å²) in [6.45, 7) is 5.19. The SMILES string of the molecule is C(COc1ccc2c3ccccc3n(Cc3ccccc3)c2c1)=C1CN2CCC1CC2. The molecule has 7 rings (SSSR count). The van der Waals surface area contributed by atoms with Crippen LogP contribution in [0, 0.1) is 5.92 Å². The van der Waals surface area contributed by atoms with E-state index in [1.807, 2.05) is 0 Å². The molecule has 3 saturated heterocycles. The number of ether oxygens (including phenoxy) is 1. The monoisotopic (exact) mass is 408 g/mol. The van der Waals surface area contributed by atoms with E-state index in [1.54, 1.807) is 5.57 Å². The minimum absolute atomic E-state index is 0.657. The van der Waals surface area contributed by atoms with Crippen LogP contribution < -0.4 is 4.74 Å². The first-order valence-electron chi connectivity index (χ1n) is 11.4. The molecule has 0 spiro atoms. The Kier molecular flexibility index (Phi) is 4.77. The van der Waals surface area contributed by atoms with E-state index in [2.05, 4.69) is 88.3 Å². The van der Waals surface area contributed by atoms with Crippen molar-refractivity contribution in [2.45, 2.75) is 19.4 Å². The van der Waals surface area contributed by atoms with Crippen LogP contribution in [0.3, 0.4) is 0 Å². The second-order valence-corrected chi connectivity index (χ2v) is 8.91. The third kappa shape index (κ3) is 3.53. The normalized spacial score (nSPS) is 21.9. The molecule has 0 N–H and O–H groups in total. The van der Waals surface area contributed by atoms with Crippen LogP contribution in [0.15, 0.2) is 84.4 Å². The van der Waals surface area contributed by atoms with Crippen molar-refractivity contribution in [1.82, 2.24) is 9.47 Å². The summed E-state index contributed by atoms with van der Waals surface area (Å²) < 4.78 is 8.63. The van der Waals surface area contributed by atoms with Crippen LogP contribution in [0.5, 0.6) is 5.75 Å². The molecule has 4 aromatic rings. The Morgan fingerprint density at radius 3 is 2.42 bits per heavy atom. The number of para-hydroxylation sites is 1. The maximum atomic E-state index is 6.22. The number of hydrogen-bond acceptors (Lipinski definition) is 2. The van der Waals surface area contributed by atoms with Gasteiger partial charge in [0.15, 0.2) is 0 Å². The molecule has 0 radical (unpaired) electrons. The predicted molar refractivity (Wildman–Crippen MR) is 128 cm³/mol. The number of hydrogen-bond donors (Lipinski definition) is 0. The first kappa shape index (κ1) is 18.7. The standard InChI is InChI=1S/C28H28N2O/c1-2-6-21(7-3-1)19-30-27-9-5-4-8-25(27)26-11-10-24(18-28(26)30)31-17-14-23-20-29-15-12-22(23)13-16-29/h1-11,14,18,22H,12-13,15-17,19-20H2. The average Bonchev–Trinajstić information content (AvgIpc) is 3.14. The van der Waals surface area contributed by atoms with Gasteiger partial charge in [0.05, 0.1) is 5.52 Å². The molecule has 0 aliphatic carbocycles. The third-order valence-corrected chi connectivity index (χ3v) is 7.04. The molecule has 31 heavy (non-hydrogen) atoms. The number of fused-ring (bicyclic) bond motifs is 6. The minimum Gasteiger partial charge on any atom is -0.489 e. The van der Waals surface area contributed by atoms with Gasteiger partial charge in [-0.2, -0.15) is 0 Å². The molecule has 0 amide bonds. The molecule has 0 atom stereocenters. The Bertz CT molecular complexity index is 1250. The molecule has 3 heteroatoms. The summed E-state index contributed by atoms with van der Waals surface area (Å²) in [4.78, 5) is 2.57. The molecule has 3 aliphatic rings. The van der Waals surface area contributed by atoms with E-state index in [-0.39, 0.29) is 0 Å². The first-order valence-corrected chi connectivity index (χ1v) is 11.4. The van der Waals surface area contributed by atoms with Crippen LogP contribution >= 0.6 is 0 Å². The number of aromatic nitrogens is 1. The first-order chi connectivity index (χ1) is 15.3. The summed E-state index contributed by atoms with van der Waals surface area (Å²) in [7, 11) is 0. The lowest BCUT2D eigenvalue weighted by Crippen LogP contribution is -2.43. The molecule has 3 aromatic carbocycles. The van der Waals surface area contributed by atoms with E-state index in [9.17, 15) is 0 Å². The van der Waals surface area contributed by atoms with E-state index < -0.39 is 0 Å². The molecule has 3 aliphatic heterocycles. The number of nitrogens with zero attached hydrogens (tertiary/aromatic N) is 2. The highest BCUT2D eigenvalue weighted by molar-refractivity contribution is 6.08. The van der Waals surface area contributed by atoms with Gasteiger partial charge in [-0.15, -0.1) is 0 Å². The van der Waals surface area contributed by atoms with Crippen LogP contribution in [0.1, 0.15) is 18.4 Å². The summed E-state index contributed by atoms with van der Waals surface area (Å²) in [5.41, 5.74) is 5.39. The quantitative estimate of drug-likeness (QED) is 0.384. The second kappa shape index (κ2) is 7.90. The topological polar surface area (TPSA) is 17.4 Å². The van der Waals surface area contributed by atoms with Gasteiger partial charge in [-0.3, -0.25) is 4.90 Å². The second-order valence-electron chi connectivity index (χ2n) is 8.91. The van der Waals surface area contributed by atoms with Crippen molar-refractivity contribution in [2.24, 2.45) is 5.92 Å². The third-order valence-electron chi connectivity index (χ3n) is 7.04. The molecule has 2 bridgehead atoms. The van der Waals surface area contributed by atoms with E-state index in [4.69, 9.17) is 4.74 Å². The van der Waals surface area contributed by atoms with Crippen LogP contribution in [-0.2, 0) is 6.54 Å². The van der Waals surface area contributed by atoms with Crippen molar-refractivity contribution in [3.8, 4) is 5.75 Å². The number of benzene rings is 3. The predicted octanol–water partition coefficient (Wildman–Crippen LogP) is 5.87. The lowest BCUT2D eigenvalue weighted by atomic mass is 9.84. The highest BCUT2D eigenvalue weighted by Crippen LogP contribution is 2.33. The largest absolute Gasteiger partial charge is 0.489 e. The van der Waals surface area contributed by atoms with Crippen molar-refractivity contribution in [3.63, 3.8) is 0 Å². The Hall–Kier alpha value is -3.04. The van der Waals surface area contributed by atoms with Gasteiger partial charge in [-0.1, -0.05) is 54.1 Å². The zero-order valence-corrected chi connectivity index (χ0v) is 17.8. The molecular formula is C28H28N2O. The fourth-order valence-electron chi connectivity index (χ4n) is 5.38. The van der Waals surface area contributed by atoms with Gasteiger partial charge in [0, 0.05) is 35.4 Å². The zero-order chi connectivity index (χ0) is 20.6. The Balaban J connectivity index is 1.31. The van der Waals surface area contributed by atoms with Crippen LogP contribution in [-0.4, -0.2) is 35.7 Å². The number of piperidine rings is 3. The summed E-state index contributed by atoms with van der Waals surface area (Å²) in [6, 6.07) is 25.9. The molecule has 3 fully saturated rings. The summed E-state index contributed by atoms with van der Waals surface area (Å²) in [5, 5.41) is 2.59. The molecule has 0 saturated carbocycles. The van der Waals surface area contributed by atoms with Gasteiger partial charge < -0.3 is 9.30 Å². The highest BCUT2D eigenvalue weighted by Gasteiger charge is 2.29. The van der Waals surface area contributed by atoms with Crippen molar-refractivity contribution < 1.29 is 4.74 Å². The molecular weight excluding hydrogens is 380 g/mol. The van der Waals surface area contributed by atoms with Gasteiger partial charge in [-0.25, -0.2) is 0 Å². The van der Waals surface area contributed by atoms with Gasteiger partial charge in [0.1, 0.15) is 12.4 Å². The van der Waals surface area contributed by atoms with Crippen molar-refractivity contribution in [1.29, 1.82) is 0 Å². The highest BCUT2D eigenvalue weighted by atomic mass is 16.5. The summed E-state index contributed by atoms with van der Waals surface area (Å²) in [6.07, 6.45) is 4.97. The van der Waals surface area contributed by atoms with Crippen LogP contribution in [0.25, 0.3) is 21.8 Å². The zero-order valence-electron chi connectivity index (χ0n) is 17.8. The number of rotatable bonds is 5. The fraction of sp³-hybridized carbons (Fsp3) is 0.286. The maximum Gasteiger partial charge on any atom is 0.121 e. The average molecular weight is 409 g/mol. The van der Waals surface area contributed by atoms with Crippen molar-refractivity contribution in [2.75, 3.05) is 26.2 Å². The maximum absolute atomic E-state index is 6.22. The fourth-order valence-corrected chi connectivity index (χ4v) is 5.38. The Morgan fingerprint density at radius 1 is 0.839 bits per heavy atom. The van der Waals surface area contributed by atoms with Crippen molar-refractivity contribution >= 4 is 21.8 Å². The lowest BCUT2D eigenvalue weighted by molar-refractivity contribution is 0.160. The molecule has 4 heterocycles. The molecule has 3 nitrogen and oxygen atoms in total. The summed E-state index contributed by atoms with van der Waals surface area (Å²) >= 11 is 0. The van der Waals surface area contributed by atoms with Gasteiger partial charge in [-0.05, 0) is 61.7 Å². The van der Waals surface area contributed by atoms with Crippen LogP contribution in [0.2, 0.25) is 0 Å². The Morgan fingerprint density at radius 2 is 1.61 bits per heavy atom. The van der Waals surface area contributed by atoms with E-state index >= 15 is 0 Å². The Labute approximate surface area is 183 Å². The van der Waals surface area contributed by atoms with E-state index in [1.165, 1.54) is 53.3 Å². The minimum atomic E-state index is 0.657. The van der Waals surface area contributed by atoms with E-state index in [0.29, 0.717) is 6.61 Å². The van der Waals surface area contributed by atoms with Crippen molar-refractivity contribution in [3.05, 3.63) is 90.0 Å². The smallest absolute Gasteiger partial charge is 0.121 e. The van der Waals surface area contributed by atoms with Gasteiger partial charge in [0.2, 0.25) is 0 Å². The molecule has 156 valence electrons. The van der Waals surface area contributed by atoms with Gasteiger partial charge >= 0.3 is 0 Å². The lowest BCUT2D eigenvalue weighted by Gasteiger charge is -2.41. The molecule has 0 unspecified atom stereocenters. The summed E-state index contributed by atoms with van der Waals surface area (Å²) in [5.74, 6) is 1.73. The molecule has 1 aromatic heterocycles. The van der Waals surface area contributed by atoms with E-state index in [0.717, 1.165) is 24.8 Å².